The zero-order valence-electron chi connectivity index (χ0n) is 15.9. The van der Waals surface area contributed by atoms with Crippen LogP contribution in [0.1, 0.15) is 23.0 Å². The summed E-state index contributed by atoms with van der Waals surface area (Å²) in [5, 5.41) is 2.73. The van der Waals surface area contributed by atoms with Crippen molar-refractivity contribution in [2.24, 2.45) is 0 Å². The van der Waals surface area contributed by atoms with E-state index in [0.29, 0.717) is 29.3 Å². The van der Waals surface area contributed by atoms with Gasteiger partial charge in [-0.15, -0.1) is 0 Å². The first kappa shape index (κ1) is 20.3. The van der Waals surface area contributed by atoms with Crippen LogP contribution in [0.3, 0.4) is 0 Å². The Morgan fingerprint density at radius 3 is 2.34 bits per heavy atom. The molecule has 2 N–H and O–H groups in total. The summed E-state index contributed by atoms with van der Waals surface area (Å²) in [6.45, 7) is 4.17. The minimum atomic E-state index is -3.84. The average Bonchev–Trinajstić information content (AvgIpc) is 2.69. The molecule has 150 valence electrons. The van der Waals surface area contributed by atoms with Crippen LogP contribution in [-0.2, 0) is 10.0 Å². The molecule has 0 aliphatic carbocycles. The molecule has 0 saturated heterocycles. The second kappa shape index (κ2) is 8.70. The molecule has 3 aromatic rings. The van der Waals surface area contributed by atoms with Crippen LogP contribution in [0.25, 0.3) is 0 Å². The van der Waals surface area contributed by atoms with E-state index in [0.717, 1.165) is 0 Å². The molecule has 2 aromatic carbocycles. The molecule has 1 aromatic heterocycles. The SMILES string of the molecule is CCOc1ccc(C(=O)Nc2ccc(S(=O)(=O)Nc3nccc(C)n3)cc2)cc1. The Balaban J connectivity index is 1.68. The Kier molecular flexibility index (Phi) is 6.08. The fourth-order valence-electron chi connectivity index (χ4n) is 2.47. The minimum absolute atomic E-state index is 0.00196. The van der Waals surface area contributed by atoms with Gasteiger partial charge < -0.3 is 10.1 Å². The van der Waals surface area contributed by atoms with Crippen LogP contribution in [0.2, 0.25) is 0 Å². The second-order valence-electron chi connectivity index (χ2n) is 6.06. The molecule has 0 radical (unpaired) electrons. The number of anilines is 2. The number of aromatic nitrogens is 2. The maximum atomic E-state index is 12.5. The number of nitrogens with one attached hydrogen (secondary N) is 2. The lowest BCUT2D eigenvalue weighted by molar-refractivity contribution is 0.102. The quantitative estimate of drug-likeness (QED) is 0.616. The summed E-state index contributed by atoms with van der Waals surface area (Å²) in [7, 11) is -3.84. The van der Waals surface area contributed by atoms with Gasteiger partial charge in [-0.3, -0.25) is 4.79 Å². The Bertz CT molecular complexity index is 1100. The first-order valence-corrected chi connectivity index (χ1v) is 10.3. The Morgan fingerprint density at radius 1 is 1.03 bits per heavy atom. The lowest BCUT2D eigenvalue weighted by Gasteiger charge is -2.09. The summed E-state index contributed by atoms with van der Waals surface area (Å²) in [6.07, 6.45) is 1.47. The number of amides is 1. The molecule has 0 fully saturated rings. The summed E-state index contributed by atoms with van der Waals surface area (Å²) in [6, 6.07) is 14.2. The standard InChI is InChI=1S/C20H20N4O4S/c1-3-28-17-8-4-15(5-9-17)19(25)23-16-6-10-18(11-7-16)29(26,27)24-20-21-13-12-14(2)22-20/h4-13H,3H2,1-2H3,(H,23,25)(H,21,22,24). The number of hydrogen-bond acceptors (Lipinski definition) is 6. The number of rotatable bonds is 7. The highest BCUT2D eigenvalue weighted by Gasteiger charge is 2.16. The van der Waals surface area contributed by atoms with Gasteiger partial charge in [-0.1, -0.05) is 0 Å². The van der Waals surface area contributed by atoms with Crippen LogP contribution < -0.4 is 14.8 Å². The van der Waals surface area contributed by atoms with Gasteiger partial charge in [0.25, 0.3) is 15.9 Å². The van der Waals surface area contributed by atoms with Crippen LogP contribution in [0.4, 0.5) is 11.6 Å². The van der Waals surface area contributed by atoms with E-state index in [-0.39, 0.29) is 16.8 Å². The van der Waals surface area contributed by atoms with Gasteiger partial charge >= 0.3 is 0 Å². The van der Waals surface area contributed by atoms with E-state index in [2.05, 4.69) is 20.0 Å². The van der Waals surface area contributed by atoms with Gasteiger partial charge in [0.2, 0.25) is 5.95 Å². The topological polar surface area (TPSA) is 110 Å². The molecule has 29 heavy (non-hydrogen) atoms. The summed E-state index contributed by atoms with van der Waals surface area (Å²) in [5.41, 5.74) is 1.57. The van der Waals surface area contributed by atoms with Crippen molar-refractivity contribution < 1.29 is 17.9 Å². The summed E-state index contributed by atoms with van der Waals surface area (Å²) >= 11 is 0. The smallest absolute Gasteiger partial charge is 0.264 e. The van der Waals surface area contributed by atoms with Gasteiger partial charge in [0, 0.05) is 23.1 Å². The molecular weight excluding hydrogens is 392 g/mol. The molecule has 0 aliphatic rings. The molecule has 0 unspecified atom stereocenters. The van der Waals surface area contributed by atoms with Gasteiger partial charge in [-0.25, -0.2) is 23.1 Å². The number of nitrogens with zero attached hydrogens (tertiary/aromatic N) is 2. The highest BCUT2D eigenvalue weighted by atomic mass is 32.2. The number of sulfonamides is 1. The highest BCUT2D eigenvalue weighted by molar-refractivity contribution is 7.92. The molecule has 0 aliphatic heterocycles. The first-order chi connectivity index (χ1) is 13.9. The number of benzene rings is 2. The molecule has 0 spiro atoms. The van der Waals surface area contributed by atoms with Crippen molar-refractivity contribution in [1.29, 1.82) is 0 Å². The molecule has 3 rings (SSSR count). The van der Waals surface area contributed by atoms with E-state index in [1.54, 1.807) is 37.3 Å². The lowest BCUT2D eigenvalue weighted by Crippen LogP contribution is -2.15. The van der Waals surface area contributed by atoms with Gasteiger partial charge in [-0.05, 0) is 68.4 Å². The fraction of sp³-hybridized carbons (Fsp3) is 0.150. The van der Waals surface area contributed by atoms with Crippen molar-refractivity contribution in [3.63, 3.8) is 0 Å². The van der Waals surface area contributed by atoms with E-state index in [4.69, 9.17) is 4.74 Å². The van der Waals surface area contributed by atoms with Crippen LogP contribution in [0.15, 0.2) is 65.7 Å². The first-order valence-electron chi connectivity index (χ1n) is 8.84. The number of carbonyl (C=O) groups is 1. The van der Waals surface area contributed by atoms with Crippen molar-refractivity contribution in [3.8, 4) is 5.75 Å². The van der Waals surface area contributed by atoms with Crippen LogP contribution in [-0.4, -0.2) is 30.9 Å². The van der Waals surface area contributed by atoms with Crippen molar-refractivity contribution >= 4 is 27.6 Å². The predicted octanol–water partition coefficient (Wildman–Crippen LogP) is 3.24. The fourth-order valence-corrected chi connectivity index (χ4v) is 3.42. The van der Waals surface area contributed by atoms with Crippen molar-refractivity contribution in [3.05, 3.63) is 72.1 Å². The third-order valence-electron chi connectivity index (χ3n) is 3.87. The molecule has 0 saturated carbocycles. The number of aryl methyl sites for hydroxylation is 1. The van der Waals surface area contributed by atoms with Gasteiger partial charge in [0.05, 0.1) is 11.5 Å². The van der Waals surface area contributed by atoms with Gasteiger partial charge in [0.1, 0.15) is 5.75 Å². The molecular formula is C20H20N4O4S. The normalized spacial score (nSPS) is 11.0. The summed E-state index contributed by atoms with van der Waals surface area (Å²) in [4.78, 5) is 20.3. The third kappa shape index (κ3) is 5.29. The van der Waals surface area contributed by atoms with E-state index in [1.807, 2.05) is 6.92 Å². The van der Waals surface area contributed by atoms with Crippen LogP contribution in [0, 0.1) is 6.92 Å². The van der Waals surface area contributed by atoms with Crippen molar-refractivity contribution in [1.82, 2.24) is 9.97 Å². The lowest BCUT2D eigenvalue weighted by atomic mass is 10.2. The third-order valence-corrected chi connectivity index (χ3v) is 5.21. The van der Waals surface area contributed by atoms with Crippen LogP contribution in [0.5, 0.6) is 5.75 Å². The molecule has 1 amide bonds. The Morgan fingerprint density at radius 2 is 1.72 bits per heavy atom. The molecule has 0 atom stereocenters. The zero-order valence-corrected chi connectivity index (χ0v) is 16.7. The zero-order chi connectivity index (χ0) is 20.9. The van der Waals surface area contributed by atoms with Gasteiger partial charge in [0.15, 0.2) is 0 Å². The number of carbonyl (C=O) groups excluding carboxylic acids is 1. The van der Waals surface area contributed by atoms with Crippen molar-refractivity contribution in [2.75, 3.05) is 16.6 Å². The van der Waals surface area contributed by atoms with E-state index >= 15 is 0 Å². The maximum absolute atomic E-state index is 12.5. The molecule has 0 bridgehead atoms. The molecule has 9 heteroatoms. The second-order valence-corrected chi connectivity index (χ2v) is 7.75. The van der Waals surface area contributed by atoms with Crippen molar-refractivity contribution in [2.45, 2.75) is 18.7 Å². The maximum Gasteiger partial charge on any atom is 0.264 e. The Hall–Kier alpha value is -3.46. The molecule has 1 heterocycles. The van der Waals surface area contributed by atoms with E-state index in [9.17, 15) is 13.2 Å². The summed E-state index contributed by atoms with van der Waals surface area (Å²) < 4.78 is 32.6. The van der Waals surface area contributed by atoms with E-state index in [1.165, 1.54) is 30.5 Å². The Labute approximate surface area is 169 Å². The number of ether oxygens (including phenoxy) is 1. The van der Waals surface area contributed by atoms with E-state index < -0.39 is 10.0 Å². The molecule has 8 nitrogen and oxygen atoms in total. The minimum Gasteiger partial charge on any atom is -0.494 e. The summed E-state index contributed by atoms with van der Waals surface area (Å²) in [5.74, 6) is 0.372. The largest absolute Gasteiger partial charge is 0.494 e. The monoisotopic (exact) mass is 412 g/mol. The predicted molar refractivity (Wildman–Crippen MR) is 110 cm³/mol. The highest BCUT2D eigenvalue weighted by Crippen LogP contribution is 2.18. The number of hydrogen-bond donors (Lipinski definition) is 2. The van der Waals surface area contributed by atoms with Gasteiger partial charge in [-0.2, -0.15) is 0 Å². The van der Waals surface area contributed by atoms with Crippen LogP contribution >= 0.6 is 0 Å². The average molecular weight is 412 g/mol.